The van der Waals surface area contributed by atoms with Crippen molar-refractivity contribution in [1.29, 1.82) is 0 Å². The third kappa shape index (κ3) is 7.40. The zero-order valence-electron chi connectivity index (χ0n) is 7.00. The number of hydrogen-bond donors (Lipinski definition) is 0. The second-order valence-corrected chi connectivity index (χ2v) is 3.21. The van der Waals surface area contributed by atoms with Crippen molar-refractivity contribution in [2.75, 3.05) is 0 Å². The van der Waals surface area contributed by atoms with Crippen molar-refractivity contribution in [2.45, 2.75) is 32.3 Å². The Morgan fingerprint density at radius 2 is 2.00 bits per heavy atom. The first-order chi connectivity index (χ1) is 5.02. The first-order valence-electron chi connectivity index (χ1n) is 3.55. The average molecular weight is 177 g/mol. The van der Waals surface area contributed by atoms with E-state index in [1.807, 2.05) is 0 Å². The minimum Gasteiger partial charge on any atom is -0.460 e. The van der Waals surface area contributed by atoms with Crippen molar-refractivity contribution in [3.05, 3.63) is 12.2 Å². The minimum absolute atomic E-state index is 0.0715. The maximum Gasteiger partial charge on any atom is 0.330 e. The van der Waals surface area contributed by atoms with Crippen LogP contribution in [-0.2, 0) is 9.53 Å². The second kappa shape index (κ2) is 5.19. The van der Waals surface area contributed by atoms with Gasteiger partial charge in [-0.1, -0.05) is 6.08 Å². The summed E-state index contributed by atoms with van der Waals surface area (Å²) in [5.41, 5.74) is 0. The van der Waals surface area contributed by atoms with Crippen LogP contribution in [0.2, 0.25) is 0 Å². The summed E-state index contributed by atoms with van der Waals surface area (Å²) in [6, 6.07) is 0. The average Bonchev–Trinajstić information content (AvgIpc) is 1.82. The van der Waals surface area contributed by atoms with Crippen molar-refractivity contribution in [1.82, 2.24) is 0 Å². The summed E-state index contributed by atoms with van der Waals surface area (Å²) in [6.07, 6.45) is 2.86. The van der Waals surface area contributed by atoms with E-state index in [4.69, 9.17) is 16.3 Å². The van der Waals surface area contributed by atoms with Crippen molar-refractivity contribution in [3.63, 3.8) is 0 Å². The Labute approximate surface area is 72.2 Å². The first-order valence-corrected chi connectivity index (χ1v) is 3.99. The van der Waals surface area contributed by atoms with E-state index in [1.54, 1.807) is 26.8 Å². The number of carbonyl (C=O) groups is 1. The second-order valence-electron chi connectivity index (χ2n) is 2.52. The minimum atomic E-state index is -0.340. The summed E-state index contributed by atoms with van der Waals surface area (Å²) in [4.78, 5) is 10.8. The van der Waals surface area contributed by atoms with E-state index >= 15 is 0 Å². The van der Waals surface area contributed by atoms with Crippen LogP contribution >= 0.6 is 11.6 Å². The molecule has 1 unspecified atom stereocenters. The van der Waals surface area contributed by atoms with Gasteiger partial charge in [0.1, 0.15) is 0 Å². The lowest BCUT2D eigenvalue weighted by Gasteiger charge is -2.03. The summed E-state index contributed by atoms with van der Waals surface area (Å²) >= 11 is 5.56. The molecule has 0 radical (unpaired) electrons. The number of esters is 1. The monoisotopic (exact) mass is 176 g/mol. The molecule has 0 heterocycles. The molecule has 0 amide bonds. The highest BCUT2D eigenvalue weighted by atomic mass is 35.5. The number of ether oxygens (including phenoxy) is 1. The number of carbonyl (C=O) groups excluding carboxylic acids is 1. The third-order valence-electron chi connectivity index (χ3n) is 0.849. The van der Waals surface area contributed by atoms with Crippen LogP contribution in [0.3, 0.4) is 0 Å². The van der Waals surface area contributed by atoms with Crippen molar-refractivity contribution >= 4 is 17.6 Å². The van der Waals surface area contributed by atoms with E-state index in [2.05, 4.69) is 0 Å². The van der Waals surface area contributed by atoms with Gasteiger partial charge in [0.15, 0.2) is 0 Å². The molecule has 3 heteroatoms. The highest BCUT2D eigenvalue weighted by Crippen LogP contribution is 1.96. The standard InChI is InChI=1S/C8H13ClO2/c1-6(2)11-8(10)5-4-7(3)9/h4-7H,1-3H3/b5-4+. The van der Waals surface area contributed by atoms with Gasteiger partial charge in [-0.3, -0.25) is 0 Å². The fraction of sp³-hybridized carbons (Fsp3) is 0.625. The molecule has 0 aliphatic rings. The topological polar surface area (TPSA) is 26.3 Å². The molecular formula is C8H13ClO2. The number of halogens is 1. The summed E-state index contributed by atoms with van der Waals surface area (Å²) in [5, 5.41) is -0.130. The Balaban J connectivity index is 3.69. The lowest BCUT2D eigenvalue weighted by molar-refractivity contribution is -0.141. The Hall–Kier alpha value is -0.500. The molecule has 0 spiro atoms. The molecule has 0 saturated carbocycles. The zero-order valence-corrected chi connectivity index (χ0v) is 7.76. The van der Waals surface area contributed by atoms with Gasteiger partial charge in [0, 0.05) is 11.5 Å². The molecule has 1 atom stereocenters. The lowest BCUT2D eigenvalue weighted by Crippen LogP contribution is -2.08. The molecule has 0 fully saturated rings. The van der Waals surface area contributed by atoms with Gasteiger partial charge in [-0.2, -0.15) is 0 Å². The van der Waals surface area contributed by atoms with Crippen LogP contribution in [0.5, 0.6) is 0 Å². The van der Waals surface area contributed by atoms with Gasteiger partial charge in [0.25, 0.3) is 0 Å². The van der Waals surface area contributed by atoms with Crippen molar-refractivity contribution < 1.29 is 9.53 Å². The van der Waals surface area contributed by atoms with E-state index in [0.717, 1.165) is 0 Å². The zero-order chi connectivity index (χ0) is 8.85. The van der Waals surface area contributed by atoms with Gasteiger partial charge in [0.2, 0.25) is 0 Å². The van der Waals surface area contributed by atoms with Crippen LogP contribution in [0.25, 0.3) is 0 Å². The van der Waals surface area contributed by atoms with E-state index in [9.17, 15) is 4.79 Å². The predicted octanol–water partition coefficient (Wildman–Crippen LogP) is 2.12. The molecule has 11 heavy (non-hydrogen) atoms. The molecule has 0 aliphatic carbocycles. The van der Waals surface area contributed by atoms with Gasteiger partial charge < -0.3 is 4.74 Å². The Morgan fingerprint density at radius 3 is 2.36 bits per heavy atom. The van der Waals surface area contributed by atoms with E-state index in [1.165, 1.54) is 6.08 Å². The van der Waals surface area contributed by atoms with Crippen LogP contribution in [0.4, 0.5) is 0 Å². The highest BCUT2D eigenvalue weighted by molar-refractivity contribution is 6.21. The molecule has 2 nitrogen and oxygen atoms in total. The first kappa shape index (κ1) is 10.5. The van der Waals surface area contributed by atoms with Crippen molar-refractivity contribution in [2.24, 2.45) is 0 Å². The number of rotatable bonds is 3. The quantitative estimate of drug-likeness (QED) is 0.374. The normalized spacial score (nSPS) is 13.9. The van der Waals surface area contributed by atoms with Crippen LogP contribution in [0.15, 0.2) is 12.2 Å². The maximum absolute atomic E-state index is 10.8. The fourth-order valence-electron chi connectivity index (χ4n) is 0.483. The molecule has 0 aromatic rings. The summed E-state index contributed by atoms with van der Waals surface area (Å²) in [6.45, 7) is 5.38. The number of allylic oxidation sites excluding steroid dienone is 1. The smallest absolute Gasteiger partial charge is 0.330 e. The summed E-state index contributed by atoms with van der Waals surface area (Å²) in [7, 11) is 0. The van der Waals surface area contributed by atoms with Crippen LogP contribution < -0.4 is 0 Å². The molecule has 0 bridgehead atoms. The molecule has 0 rings (SSSR count). The van der Waals surface area contributed by atoms with Gasteiger partial charge in [-0.25, -0.2) is 4.79 Å². The summed E-state index contributed by atoms with van der Waals surface area (Å²) in [5.74, 6) is -0.340. The predicted molar refractivity (Wildman–Crippen MR) is 45.7 cm³/mol. The molecule has 0 saturated heterocycles. The van der Waals surface area contributed by atoms with Gasteiger partial charge >= 0.3 is 5.97 Å². The Bertz CT molecular complexity index is 150. The number of hydrogen-bond acceptors (Lipinski definition) is 2. The molecule has 0 aliphatic heterocycles. The Morgan fingerprint density at radius 1 is 1.45 bits per heavy atom. The van der Waals surface area contributed by atoms with Crippen LogP contribution in [0, 0.1) is 0 Å². The van der Waals surface area contributed by atoms with E-state index in [0.29, 0.717) is 0 Å². The molecule has 0 N–H and O–H groups in total. The van der Waals surface area contributed by atoms with Crippen molar-refractivity contribution in [3.8, 4) is 0 Å². The van der Waals surface area contributed by atoms with Crippen LogP contribution in [-0.4, -0.2) is 17.5 Å². The van der Waals surface area contributed by atoms with Gasteiger partial charge in [0.05, 0.1) is 6.10 Å². The SMILES string of the molecule is CC(Cl)/C=C/C(=O)OC(C)C. The fourth-order valence-corrected chi connectivity index (χ4v) is 0.555. The van der Waals surface area contributed by atoms with Gasteiger partial charge in [-0.05, 0) is 20.8 Å². The van der Waals surface area contributed by atoms with Gasteiger partial charge in [-0.15, -0.1) is 11.6 Å². The largest absolute Gasteiger partial charge is 0.460 e. The maximum atomic E-state index is 10.8. The lowest BCUT2D eigenvalue weighted by atomic mass is 10.4. The molecule has 0 aromatic heterocycles. The van der Waals surface area contributed by atoms with Crippen LogP contribution in [0.1, 0.15) is 20.8 Å². The van der Waals surface area contributed by atoms with E-state index in [-0.39, 0.29) is 17.5 Å². The molecule has 64 valence electrons. The molecular weight excluding hydrogens is 164 g/mol. The number of alkyl halides is 1. The summed E-state index contributed by atoms with van der Waals surface area (Å²) < 4.78 is 4.82. The Kier molecular flexibility index (Phi) is 4.95. The van der Waals surface area contributed by atoms with E-state index < -0.39 is 0 Å². The molecule has 0 aromatic carbocycles. The highest BCUT2D eigenvalue weighted by Gasteiger charge is 1.99. The third-order valence-corrected chi connectivity index (χ3v) is 0.995.